The predicted molar refractivity (Wildman–Crippen MR) is 69.2 cm³/mol. The smallest absolute Gasteiger partial charge is 0.305 e. The van der Waals surface area contributed by atoms with Gasteiger partial charge in [-0.2, -0.15) is 0 Å². The van der Waals surface area contributed by atoms with Gasteiger partial charge in [-0.3, -0.25) is 4.79 Å². The maximum absolute atomic E-state index is 10.6. The molecule has 1 atom stereocenters. The van der Waals surface area contributed by atoms with E-state index in [1.54, 1.807) is 0 Å². The lowest BCUT2D eigenvalue weighted by molar-refractivity contribution is -0.137. The van der Waals surface area contributed by atoms with E-state index in [1.165, 1.54) is 0 Å². The lowest BCUT2D eigenvalue weighted by atomic mass is 10.0. The van der Waals surface area contributed by atoms with E-state index < -0.39 is 12.0 Å². The van der Waals surface area contributed by atoms with Crippen molar-refractivity contribution in [2.75, 3.05) is 18.0 Å². The highest BCUT2D eigenvalue weighted by molar-refractivity contribution is 5.68. The average molecular weight is 236 g/mol. The summed E-state index contributed by atoms with van der Waals surface area (Å²) in [6.45, 7) is 6.12. The molecule has 0 aliphatic heterocycles. The minimum absolute atomic E-state index is 0.0371. The molecule has 1 aromatic carbocycles. The molecular weight excluding hydrogens is 216 g/mol. The minimum atomic E-state index is -0.870. The molecule has 0 bridgehead atoms. The molecule has 1 rings (SSSR count). The Morgan fingerprint density at radius 2 is 1.82 bits per heavy atom. The first-order valence-corrected chi connectivity index (χ1v) is 5.90. The monoisotopic (exact) mass is 236 g/mol. The van der Waals surface area contributed by atoms with Crippen LogP contribution in [-0.2, 0) is 4.79 Å². The molecule has 0 aliphatic carbocycles. The van der Waals surface area contributed by atoms with Crippen LogP contribution in [-0.4, -0.2) is 24.2 Å². The van der Waals surface area contributed by atoms with Gasteiger partial charge in [0.1, 0.15) is 0 Å². The van der Waals surface area contributed by atoms with Gasteiger partial charge >= 0.3 is 5.97 Å². The number of benzene rings is 1. The molecule has 0 spiro atoms. The van der Waals surface area contributed by atoms with E-state index in [2.05, 4.69) is 18.7 Å². The van der Waals surface area contributed by atoms with Crippen LogP contribution in [0.3, 0.4) is 0 Å². The van der Waals surface area contributed by atoms with Crippen LogP contribution in [0.1, 0.15) is 31.9 Å². The fourth-order valence-electron chi connectivity index (χ4n) is 1.83. The maximum atomic E-state index is 10.6. The number of hydrogen-bond donors (Lipinski definition) is 2. The number of carbonyl (C=O) groups is 1. The first-order valence-electron chi connectivity index (χ1n) is 5.90. The van der Waals surface area contributed by atoms with Crippen molar-refractivity contribution >= 4 is 11.7 Å². The first-order chi connectivity index (χ1) is 8.08. The molecule has 0 aliphatic rings. The molecule has 4 nitrogen and oxygen atoms in total. The SMILES string of the molecule is CCN(CC)c1ccc(C(N)CC(=O)O)cc1. The van der Waals surface area contributed by atoms with Crippen molar-refractivity contribution in [3.05, 3.63) is 29.8 Å². The summed E-state index contributed by atoms with van der Waals surface area (Å²) < 4.78 is 0. The van der Waals surface area contributed by atoms with Gasteiger partial charge in [0, 0.05) is 24.8 Å². The summed E-state index contributed by atoms with van der Waals surface area (Å²) >= 11 is 0. The molecule has 0 amide bonds. The standard InChI is InChI=1S/C13H20N2O2/c1-3-15(4-2)11-7-5-10(6-8-11)12(14)9-13(16)17/h5-8,12H,3-4,9,14H2,1-2H3,(H,16,17). The quantitative estimate of drug-likeness (QED) is 0.793. The molecule has 0 heterocycles. The molecule has 94 valence electrons. The van der Waals surface area contributed by atoms with Crippen molar-refractivity contribution in [1.82, 2.24) is 0 Å². The number of nitrogens with zero attached hydrogens (tertiary/aromatic N) is 1. The summed E-state index contributed by atoms with van der Waals surface area (Å²) in [5.41, 5.74) is 7.80. The summed E-state index contributed by atoms with van der Waals surface area (Å²) in [6, 6.07) is 7.36. The molecule has 0 saturated heterocycles. The second-order valence-corrected chi connectivity index (χ2v) is 3.97. The molecule has 0 saturated carbocycles. The van der Waals surface area contributed by atoms with Gasteiger partial charge in [-0.15, -0.1) is 0 Å². The van der Waals surface area contributed by atoms with Crippen molar-refractivity contribution in [2.24, 2.45) is 5.73 Å². The van der Waals surface area contributed by atoms with Crippen LogP contribution in [0.4, 0.5) is 5.69 Å². The van der Waals surface area contributed by atoms with Crippen LogP contribution in [0.2, 0.25) is 0 Å². The van der Waals surface area contributed by atoms with Gasteiger partial charge in [-0.05, 0) is 31.5 Å². The van der Waals surface area contributed by atoms with E-state index in [0.717, 1.165) is 24.3 Å². The van der Waals surface area contributed by atoms with Gasteiger partial charge in [-0.1, -0.05) is 12.1 Å². The molecule has 3 N–H and O–H groups in total. The zero-order valence-corrected chi connectivity index (χ0v) is 10.4. The Hall–Kier alpha value is -1.55. The van der Waals surface area contributed by atoms with E-state index in [9.17, 15) is 4.79 Å². The Balaban J connectivity index is 2.76. The average Bonchev–Trinajstić information content (AvgIpc) is 2.30. The van der Waals surface area contributed by atoms with Crippen LogP contribution >= 0.6 is 0 Å². The van der Waals surface area contributed by atoms with Crippen molar-refractivity contribution in [3.63, 3.8) is 0 Å². The van der Waals surface area contributed by atoms with Crippen LogP contribution in [0.25, 0.3) is 0 Å². The summed E-state index contributed by atoms with van der Waals surface area (Å²) in [4.78, 5) is 12.8. The van der Waals surface area contributed by atoms with E-state index in [1.807, 2.05) is 24.3 Å². The van der Waals surface area contributed by atoms with Crippen molar-refractivity contribution in [2.45, 2.75) is 26.3 Å². The molecule has 1 unspecified atom stereocenters. The van der Waals surface area contributed by atoms with Crippen molar-refractivity contribution in [3.8, 4) is 0 Å². The zero-order valence-electron chi connectivity index (χ0n) is 10.4. The summed E-state index contributed by atoms with van der Waals surface area (Å²) in [5, 5.41) is 8.68. The van der Waals surface area contributed by atoms with Crippen molar-refractivity contribution in [1.29, 1.82) is 0 Å². The molecular formula is C13H20N2O2. The third-order valence-corrected chi connectivity index (χ3v) is 2.84. The molecule has 0 aromatic heterocycles. The number of carboxylic acid groups (broad SMARTS) is 1. The largest absolute Gasteiger partial charge is 0.481 e. The Kier molecular flexibility index (Phi) is 4.97. The van der Waals surface area contributed by atoms with Crippen LogP contribution in [0, 0.1) is 0 Å². The lowest BCUT2D eigenvalue weighted by Gasteiger charge is -2.21. The number of hydrogen-bond acceptors (Lipinski definition) is 3. The van der Waals surface area contributed by atoms with Crippen LogP contribution in [0.15, 0.2) is 24.3 Å². The molecule has 1 aromatic rings. The van der Waals surface area contributed by atoms with Crippen LogP contribution < -0.4 is 10.6 Å². The second-order valence-electron chi connectivity index (χ2n) is 3.97. The van der Waals surface area contributed by atoms with Gasteiger partial charge in [0.05, 0.1) is 6.42 Å². The number of carboxylic acids is 1. The van der Waals surface area contributed by atoms with Gasteiger partial charge < -0.3 is 15.7 Å². The fraction of sp³-hybridized carbons (Fsp3) is 0.462. The Morgan fingerprint density at radius 1 is 1.29 bits per heavy atom. The fourth-order valence-corrected chi connectivity index (χ4v) is 1.83. The Labute approximate surface area is 102 Å². The molecule has 0 radical (unpaired) electrons. The first kappa shape index (κ1) is 13.5. The predicted octanol–water partition coefficient (Wildman–Crippen LogP) is 2.01. The van der Waals surface area contributed by atoms with Gasteiger partial charge in [0.25, 0.3) is 0 Å². The Bertz CT molecular complexity index is 358. The highest BCUT2D eigenvalue weighted by Gasteiger charge is 2.10. The van der Waals surface area contributed by atoms with Gasteiger partial charge in [0.2, 0.25) is 0 Å². The third-order valence-electron chi connectivity index (χ3n) is 2.84. The second kappa shape index (κ2) is 6.25. The molecule has 4 heteroatoms. The topological polar surface area (TPSA) is 66.6 Å². The van der Waals surface area contributed by atoms with Crippen LogP contribution in [0.5, 0.6) is 0 Å². The Morgan fingerprint density at radius 3 is 2.24 bits per heavy atom. The molecule has 0 fully saturated rings. The highest BCUT2D eigenvalue weighted by atomic mass is 16.4. The van der Waals surface area contributed by atoms with E-state index in [4.69, 9.17) is 10.8 Å². The highest BCUT2D eigenvalue weighted by Crippen LogP contribution is 2.19. The molecule has 17 heavy (non-hydrogen) atoms. The minimum Gasteiger partial charge on any atom is -0.481 e. The van der Waals surface area contributed by atoms with E-state index in [-0.39, 0.29) is 6.42 Å². The third kappa shape index (κ3) is 3.75. The van der Waals surface area contributed by atoms with Crippen molar-refractivity contribution < 1.29 is 9.90 Å². The van der Waals surface area contributed by atoms with E-state index in [0.29, 0.717) is 0 Å². The lowest BCUT2D eigenvalue weighted by Crippen LogP contribution is -2.22. The van der Waals surface area contributed by atoms with Gasteiger partial charge in [-0.25, -0.2) is 0 Å². The zero-order chi connectivity index (χ0) is 12.8. The summed E-state index contributed by atoms with van der Waals surface area (Å²) in [5.74, 6) is -0.870. The summed E-state index contributed by atoms with van der Waals surface area (Å²) in [6.07, 6.45) is -0.0371. The number of rotatable bonds is 6. The van der Waals surface area contributed by atoms with Gasteiger partial charge in [0.15, 0.2) is 0 Å². The number of aliphatic carboxylic acids is 1. The summed E-state index contributed by atoms with van der Waals surface area (Å²) in [7, 11) is 0. The number of nitrogens with two attached hydrogens (primary N) is 1. The normalized spacial score (nSPS) is 12.2. The maximum Gasteiger partial charge on any atom is 0.305 e. The van der Waals surface area contributed by atoms with E-state index >= 15 is 0 Å². The number of anilines is 1.